The van der Waals surface area contributed by atoms with E-state index in [1.807, 2.05) is 36.0 Å². The fourth-order valence-corrected chi connectivity index (χ4v) is 4.32. The van der Waals surface area contributed by atoms with Crippen LogP contribution in [0.3, 0.4) is 0 Å². The maximum absolute atomic E-state index is 12.9. The Hall–Kier alpha value is -3.75. The third-order valence-corrected chi connectivity index (χ3v) is 6.08. The number of halogens is 3. The molecule has 12 nitrogen and oxygen atoms in total. The molecule has 0 saturated carbocycles. The van der Waals surface area contributed by atoms with E-state index in [9.17, 15) is 22.8 Å². The third-order valence-electron chi connectivity index (χ3n) is 6.08. The second-order valence-electron chi connectivity index (χ2n) is 8.85. The minimum absolute atomic E-state index is 0.0760. The van der Waals surface area contributed by atoms with Crippen molar-refractivity contribution in [3.63, 3.8) is 0 Å². The number of amides is 1. The zero-order valence-electron chi connectivity index (χ0n) is 21.0. The number of fused-ring (bicyclic) bond motifs is 1. The minimum Gasteiger partial charge on any atom is -0.475 e. The number of aryl methyl sites for hydroxylation is 1. The summed E-state index contributed by atoms with van der Waals surface area (Å²) in [5, 5.41) is 11.4. The van der Waals surface area contributed by atoms with Crippen LogP contribution in [-0.4, -0.2) is 111 Å². The molecule has 0 spiro atoms. The number of carbonyl (C=O) groups excluding carboxylic acids is 2. The van der Waals surface area contributed by atoms with E-state index in [2.05, 4.69) is 20.0 Å². The van der Waals surface area contributed by atoms with Crippen LogP contribution in [-0.2, 0) is 32.6 Å². The first-order valence-corrected chi connectivity index (χ1v) is 12.0. The van der Waals surface area contributed by atoms with E-state index in [1.165, 1.54) is 0 Å². The van der Waals surface area contributed by atoms with E-state index in [-0.39, 0.29) is 23.8 Å². The number of carboxylic acids is 1. The molecule has 2 atom stereocenters. The molecule has 38 heavy (non-hydrogen) atoms. The highest BCUT2D eigenvalue weighted by atomic mass is 19.4. The molecule has 0 bridgehead atoms. The van der Waals surface area contributed by atoms with Crippen LogP contribution in [0, 0.1) is 5.92 Å². The zero-order valence-corrected chi connectivity index (χ0v) is 21.0. The Morgan fingerprint density at radius 3 is 2.37 bits per heavy atom. The smallest absolute Gasteiger partial charge is 0.475 e. The first kappa shape index (κ1) is 28.8. The second-order valence-corrected chi connectivity index (χ2v) is 8.85. The molecule has 2 saturated heterocycles. The molecule has 1 N–H and O–H groups in total. The molecule has 4 heterocycles. The normalized spacial score (nSPS) is 20.0. The van der Waals surface area contributed by atoms with Crippen LogP contribution in [0.1, 0.15) is 12.6 Å². The number of rotatable bonds is 5. The lowest BCUT2D eigenvalue weighted by Crippen LogP contribution is -2.57. The molecule has 2 unspecified atom stereocenters. The van der Waals surface area contributed by atoms with Gasteiger partial charge >= 0.3 is 18.1 Å². The molecule has 0 aromatic carbocycles. The first-order chi connectivity index (χ1) is 18.0. The summed E-state index contributed by atoms with van der Waals surface area (Å²) in [5.41, 5.74) is 0.775. The van der Waals surface area contributed by atoms with Gasteiger partial charge in [-0.05, 0) is 19.1 Å². The number of carboxylic acid groups (broad SMARTS) is 1. The standard InChI is InChI=1S/C21H29N7O3.C2HF3O2/c1-3-31-20(30)16-12-26-9-10-27(19(29)11-17-5-8-25(2)24-17)14-18(26)15-28(13-16)21-22-6-4-7-23-21;3-2(4,5)1(6)7/h4-8,16,18H,3,9-15H2,1-2H3;(H,6,7). The SMILES string of the molecule is CCOC(=O)C1CN(c2ncccn2)CC2CN(C(=O)Cc3ccn(C)n3)CCN2C1.O=C(O)C(F)(F)F. The van der Waals surface area contributed by atoms with Gasteiger partial charge in [-0.2, -0.15) is 18.3 Å². The third kappa shape index (κ3) is 7.87. The van der Waals surface area contributed by atoms with Gasteiger partial charge in [0.05, 0.1) is 24.6 Å². The van der Waals surface area contributed by atoms with Gasteiger partial charge in [-0.1, -0.05) is 0 Å². The lowest BCUT2D eigenvalue weighted by atomic mass is 10.1. The predicted octanol–water partition coefficient (Wildman–Crippen LogP) is 0.598. The van der Waals surface area contributed by atoms with Crippen LogP contribution in [0.25, 0.3) is 0 Å². The van der Waals surface area contributed by atoms with Gasteiger partial charge in [-0.25, -0.2) is 14.8 Å². The molecular weight excluding hydrogens is 511 g/mol. The number of alkyl halides is 3. The lowest BCUT2D eigenvalue weighted by Gasteiger charge is -2.41. The zero-order chi connectivity index (χ0) is 27.9. The van der Waals surface area contributed by atoms with Crippen molar-refractivity contribution < 1.29 is 37.4 Å². The molecule has 208 valence electrons. The number of anilines is 1. The van der Waals surface area contributed by atoms with Gasteiger partial charge in [-0.15, -0.1) is 0 Å². The van der Waals surface area contributed by atoms with Crippen molar-refractivity contribution in [1.82, 2.24) is 29.5 Å². The van der Waals surface area contributed by atoms with Crippen molar-refractivity contribution in [2.75, 3.05) is 50.8 Å². The Labute approximate surface area is 217 Å². The summed E-state index contributed by atoms with van der Waals surface area (Å²) in [6.07, 6.45) is 0.464. The molecule has 4 rings (SSSR count). The van der Waals surface area contributed by atoms with Crippen LogP contribution in [0.15, 0.2) is 30.7 Å². The second kappa shape index (κ2) is 12.7. The van der Waals surface area contributed by atoms with E-state index in [1.54, 1.807) is 23.1 Å². The van der Waals surface area contributed by atoms with Gasteiger partial charge in [-0.3, -0.25) is 19.2 Å². The van der Waals surface area contributed by atoms with Gasteiger partial charge < -0.3 is 19.6 Å². The highest BCUT2D eigenvalue weighted by molar-refractivity contribution is 5.78. The van der Waals surface area contributed by atoms with E-state index in [4.69, 9.17) is 14.6 Å². The average Bonchev–Trinajstić information content (AvgIpc) is 3.17. The van der Waals surface area contributed by atoms with Crippen molar-refractivity contribution in [2.45, 2.75) is 25.6 Å². The summed E-state index contributed by atoms with van der Waals surface area (Å²) in [5.74, 6) is -2.57. The Kier molecular flexibility index (Phi) is 9.61. The topological polar surface area (TPSA) is 134 Å². The van der Waals surface area contributed by atoms with Crippen molar-refractivity contribution >= 4 is 23.8 Å². The molecule has 0 radical (unpaired) electrons. The van der Waals surface area contributed by atoms with E-state index < -0.39 is 12.1 Å². The Morgan fingerprint density at radius 1 is 1.11 bits per heavy atom. The number of esters is 1. The van der Waals surface area contributed by atoms with Crippen LogP contribution in [0.4, 0.5) is 19.1 Å². The molecule has 0 aliphatic carbocycles. The highest BCUT2D eigenvalue weighted by Crippen LogP contribution is 2.23. The molecule has 2 fully saturated rings. The largest absolute Gasteiger partial charge is 0.490 e. The Morgan fingerprint density at radius 2 is 1.79 bits per heavy atom. The summed E-state index contributed by atoms with van der Waals surface area (Å²) in [7, 11) is 1.85. The van der Waals surface area contributed by atoms with Crippen LogP contribution >= 0.6 is 0 Å². The number of aliphatic carboxylic acids is 1. The van der Waals surface area contributed by atoms with Crippen molar-refractivity contribution in [3.8, 4) is 0 Å². The Balaban J connectivity index is 0.000000505. The van der Waals surface area contributed by atoms with E-state index >= 15 is 0 Å². The van der Waals surface area contributed by atoms with E-state index in [0.717, 1.165) is 12.2 Å². The summed E-state index contributed by atoms with van der Waals surface area (Å²) < 4.78 is 38.8. The quantitative estimate of drug-likeness (QED) is 0.537. The fraction of sp³-hybridized carbons (Fsp3) is 0.565. The molecule has 2 aliphatic heterocycles. The first-order valence-electron chi connectivity index (χ1n) is 12.0. The molecular formula is C23H30F3N7O5. The lowest BCUT2D eigenvalue weighted by molar-refractivity contribution is -0.192. The maximum Gasteiger partial charge on any atom is 0.490 e. The summed E-state index contributed by atoms with van der Waals surface area (Å²) in [6.45, 7) is 5.89. The number of hydrogen-bond donors (Lipinski definition) is 1. The van der Waals surface area contributed by atoms with Crippen molar-refractivity contribution in [3.05, 3.63) is 36.4 Å². The minimum atomic E-state index is -5.08. The number of aromatic nitrogens is 4. The maximum atomic E-state index is 12.9. The summed E-state index contributed by atoms with van der Waals surface area (Å²) in [4.78, 5) is 49.4. The molecule has 2 aromatic rings. The summed E-state index contributed by atoms with van der Waals surface area (Å²) >= 11 is 0. The fourth-order valence-electron chi connectivity index (χ4n) is 4.32. The number of hydrogen-bond acceptors (Lipinski definition) is 9. The van der Waals surface area contributed by atoms with Gasteiger partial charge in [0.15, 0.2) is 0 Å². The van der Waals surface area contributed by atoms with Crippen LogP contribution in [0.5, 0.6) is 0 Å². The van der Waals surface area contributed by atoms with Gasteiger partial charge in [0.1, 0.15) is 0 Å². The number of ether oxygens (including phenoxy) is 1. The monoisotopic (exact) mass is 541 g/mol. The highest BCUT2D eigenvalue weighted by Gasteiger charge is 2.39. The molecule has 2 aliphatic rings. The number of nitrogens with zero attached hydrogens (tertiary/aromatic N) is 7. The number of carbonyl (C=O) groups is 3. The number of piperazine rings is 1. The molecule has 1 amide bonds. The average molecular weight is 542 g/mol. The summed E-state index contributed by atoms with van der Waals surface area (Å²) in [6, 6.07) is 3.73. The van der Waals surface area contributed by atoms with Crippen molar-refractivity contribution in [1.29, 1.82) is 0 Å². The van der Waals surface area contributed by atoms with Crippen LogP contribution in [0.2, 0.25) is 0 Å². The molecule has 2 aromatic heterocycles. The molecule has 15 heteroatoms. The van der Waals surface area contributed by atoms with Crippen LogP contribution < -0.4 is 4.90 Å². The predicted molar refractivity (Wildman–Crippen MR) is 127 cm³/mol. The Bertz CT molecular complexity index is 1100. The van der Waals surface area contributed by atoms with Crippen molar-refractivity contribution in [2.24, 2.45) is 13.0 Å². The van der Waals surface area contributed by atoms with E-state index in [0.29, 0.717) is 51.7 Å². The van der Waals surface area contributed by atoms with Gasteiger partial charge in [0.25, 0.3) is 0 Å². The van der Waals surface area contributed by atoms with Gasteiger partial charge in [0, 0.05) is 70.9 Å². The van der Waals surface area contributed by atoms with Gasteiger partial charge in [0.2, 0.25) is 11.9 Å².